The monoisotopic (exact) mass is 255 g/mol. The Morgan fingerprint density at radius 1 is 1.25 bits per heavy atom. The molecule has 0 radical (unpaired) electrons. The van der Waals surface area contributed by atoms with E-state index in [0.717, 1.165) is 0 Å². The van der Waals surface area contributed by atoms with E-state index < -0.39 is 16.3 Å². The Bertz CT molecular complexity index is 256. The first kappa shape index (κ1) is 15.8. The standard InChI is InChI=1S/C8H21N3O4S/c1-8(12)7-9-3-4-10-16(13,14)11-5-6-15-2/h8-12H,3-7H2,1-2H3. The van der Waals surface area contributed by atoms with E-state index in [2.05, 4.69) is 14.8 Å². The van der Waals surface area contributed by atoms with Crippen LogP contribution in [0.25, 0.3) is 0 Å². The summed E-state index contributed by atoms with van der Waals surface area (Å²) in [6.07, 6.45) is -0.434. The zero-order valence-corrected chi connectivity index (χ0v) is 10.5. The fourth-order valence-electron chi connectivity index (χ4n) is 0.914. The molecule has 0 aliphatic heterocycles. The lowest BCUT2D eigenvalue weighted by Gasteiger charge is -2.09. The number of ether oxygens (including phenoxy) is 1. The highest BCUT2D eigenvalue weighted by Gasteiger charge is 2.06. The summed E-state index contributed by atoms with van der Waals surface area (Å²) >= 11 is 0. The second-order valence-corrected chi connectivity index (χ2v) is 4.92. The molecule has 0 aliphatic rings. The molecule has 0 amide bonds. The van der Waals surface area contributed by atoms with Gasteiger partial charge < -0.3 is 15.2 Å². The Balaban J connectivity index is 3.51. The molecule has 98 valence electrons. The van der Waals surface area contributed by atoms with Crippen LogP contribution >= 0.6 is 0 Å². The van der Waals surface area contributed by atoms with Crippen LogP contribution < -0.4 is 14.8 Å². The molecule has 0 saturated heterocycles. The summed E-state index contributed by atoms with van der Waals surface area (Å²) in [5.74, 6) is 0. The Hall–Kier alpha value is -0.250. The number of hydrogen-bond acceptors (Lipinski definition) is 5. The van der Waals surface area contributed by atoms with Crippen molar-refractivity contribution in [3.63, 3.8) is 0 Å². The Kier molecular flexibility index (Phi) is 8.71. The van der Waals surface area contributed by atoms with Gasteiger partial charge in [0.05, 0.1) is 12.7 Å². The molecule has 1 atom stereocenters. The van der Waals surface area contributed by atoms with Gasteiger partial charge in [0, 0.05) is 33.3 Å². The second-order valence-electron chi connectivity index (χ2n) is 3.34. The molecule has 0 heterocycles. The molecule has 4 N–H and O–H groups in total. The molecule has 1 unspecified atom stereocenters. The lowest BCUT2D eigenvalue weighted by Crippen LogP contribution is -2.41. The number of methoxy groups -OCH3 is 1. The fourth-order valence-corrected chi connectivity index (χ4v) is 1.74. The quantitative estimate of drug-likeness (QED) is 0.339. The molecule has 0 aromatic carbocycles. The Morgan fingerprint density at radius 2 is 1.88 bits per heavy atom. The molecule has 0 saturated carbocycles. The van der Waals surface area contributed by atoms with Crippen LogP contribution in [0, 0.1) is 0 Å². The lowest BCUT2D eigenvalue weighted by atomic mass is 10.4. The summed E-state index contributed by atoms with van der Waals surface area (Å²) in [4.78, 5) is 0. The van der Waals surface area contributed by atoms with E-state index in [4.69, 9.17) is 9.84 Å². The molecule has 0 spiro atoms. The maximum absolute atomic E-state index is 11.2. The molecule has 0 fully saturated rings. The topological polar surface area (TPSA) is 99.7 Å². The maximum atomic E-state index is 11.2. The normalized spacial score (nSPS) is 13.9. The molecule has 16 heavy (non-hydrogen) atoms. The van der Waals surface area contributed by atoms with Gasteiger partial charge in [-0.15, -0.1) is 0 Å². The molecular weight excluding hydrogens is 234 g/mol. The van der Waals surface area contributed by atoms with Crippen molar-refractivity contribution in [1.82, 2.24) is 14.8 Å². The highest BCUT2D eigenvalue weighted by Crippen LogP contribution is 1.77. The molecule has 0 rings (SSSR count). The summed E-state index contributed by atoms with van der Waals surface area (Å²) in [5, 5.41) is 11.8. The summed E-state index contributed by atoms with van der Waals surface area (Å²) in [7, 11) is -1.94. The largest absolute Gasteiger partial charge is 0.392 e. The predicted molar refractivity (Wildman–Crippen MR) is 61.4 cm³/mol. The third-order valence-electron chi connectivity index (χ3n) is 1.63. The first-order valence-electron chi connectivity index (χ1n) is 5.10. The van der Waals surface area contributed by atoms with Gasteiger partial charge in [-0.3, -0.25) is 0 Å². The van der Waals surface area contributed by atoms with Gasteiger partial charge in [0.15, 0.2) is 0 Å². The molecule has 0 aromatic heterocycles. The lowest BCUT2D eigenvalue weighted by molar-refractivity contribution is 0.192. The van der Waals surface area contributed by atoms with E-state index in [9.17, 15) is 8.42 Å². The van der Waals surface area contributed by atoms with Crippen LogP contribution in [0.2, 0.25) is 0 Å². The number of aliphatic hydroxyl groups is 1. The molecule has 8 heteroatoms. The third kappa shape index (κ3) is 10.3. The summed E-state index contributed by atoms with van der Waals surface area (Å²) in [6, 6.07) is 0. The van der Waals surface area contributed by atoms with Crippen molar-refractivity contribution >= 4 is 10.2 Å². The summed E-state index contributed by atoms with van der Waals surface area (Å²) < 4.78 is 31.9. The van der Waals surface area contributed by atoms with Crippen LogP contribution in [0.4, 0.5) is 0 Å². The minimum absolute atomic E-state index is 0.243. The first-order valence-corrected chi connectivity index (χ1v) is 6.58. The van der Waals surface area contributed by atoms with Crippen molar-refractivity contribution in [3.8, 4) is 0 Å². The van der Waals surface area contributed by atoms with Crippen molar-refractivity contribution < 1.29 is 18.3 Å². The van der Waals surface area contributed by atoms with Gasteiger partial charge in [0.1, 0.15) is 0 Å². The molecule has 7 nitrogen and oxygen atoms in total. The van der Waals surface area contributed by atoms with Gasteiger partial charge in [-0.25, -0.2) is 4.72 Å². The van der Waals surface area contributed by atoms with Crippen molar-refractivity contribution in [3.05, 3.63) is 0 Å². The van der Waals surface area contributed by atoms with Crippen LogP contribution in [0.1, 0.15) is 6.92 Å². The minimum Gasteiger partial charge on any atom is -0.392 e. The molecule has 0 bridgehead atoms. The maximum Gasteiger partial charge on any atom is 0.277 e. The van der Waals surface area contributed by atoms with Crippen molar-refractivity contribution in [2.45, 2.75) is 13.0 Å². The Labute approximate surface area is 96.7 Å². The predicted octanol–water partition coefficient (Wildman–Crippen LogP) is -1.97. The zero-order valence-electron chi connectivity index (χ0n) is 9.69. The molecule has 0 aliphatic carbocycles. The van der Waals surface area contributed by atoms with Gasteiger partial charge in [0.2, 0.25) is 0 Å². The van der Waals surface area contributed by atoms with Crippen LogP contribution in [-0.2, 0) is 14.9 Å². The van der Waals surface area contributed by atoms with Crippen LogP contribution in [0.15, 0.2) is 0 Å². The van der Waals surface area contributed by atoms with Gasteiger partial charge >= 0.3 is 0 Å². The Morgan fingerprint density at radius 3 is 2.44 bits per heavy atom. The second kappa shape index (κ2) is 8.85. The average Bonchev–Trinajstić information content (AvgIpc) is 2.16. The van der Waals surface area contributed by atoms with Crippen LogP contribution in [0.5, 0.6) is 0 Å². The highest BCUT2D eigenvalue weighted by molar-refractivity contribution is 7.87. The van der Waals surface area contributed by atoms with Gasteiger partial charge in [0.25, 0.3) is 10.2 Å². The van der Waals surface area contributed by atoms with Crippen LogP contribution in [-0.4, -0.2) is 59.5 Å². The first-order chi connectivity index (χ1) is 7.48. The van der Waals surface area contributed by atoms with Crippen molar-refractivity contribution in [1.29, 1.82) is 0 Å². The zero-order chi connectivity index (χ0) is 12.4. The average molecular weight is 255 g/mol. The van der Waals surface area contributed by atoms with Gasteiger partial charge in [-0.05, 0) is 6.92 Å². The number of hydrogen-bond donors (Lipinski definition) is 4. The van der Waals surface area contributed by atoms with E-state index in [1.54, 1.807) is 6.92 Å². The fraction of sp³-hybridized carbons (Fsp3) is 1.00. The van der Waals surface area contributed by atoms with E-state index in [0.29, 0.717) is 19.7 Å². The SMILES string of the molecule is COCCNS(=O)(=O)NCCNCC(C)O. The number of aliphatic hydroxyl groups excluding tert-OH is 1. The minimum atomic E-state index is -3.44. The smallest absolute Gasteiger partial charge is 0.277 e. The number of nitrogens with one attached hydrogen (secondary N) is 3. The van der Waals surface area contributed by atoms with Gasteiger partial charge in [-0.1, -0.05) is 0 Å². The summed E-state index contributed by atoms with van der Waals surface area (Å²) in [5.41, 5.74) is 0. The van der Waals surface area contributed by atoms with Crippen molar-refractivity contribution in [2.24, 2.45) is 0 Å². The molecular formula is C8H21N3O4S. The third-order valence-corrected chi connectivity index (χ3v) is 2.80. The van der Waals surface area contributed by atoms with E-state index >= 15 is 0 Å². The molecule has 0 aromatic rings. The highest BCUT2D eigenvalue weighted by atomic mass is 32.2. The van der Waals surface area contributed by atoms with E-state index in [-0.39, 0.29) is 13.1 Å². The van der Waals surface area contributed by atoms with Crippen LogP contribution in [0.3, 0.4) is 0 Å². The number of rotatable bonds is 10. The van der Waals surface area contributed by atoms with Gasteiger partial charge in [-0.2, -0.15) is 13.1 Å². The van der Waals surface area contributed by atoms with E-state index in [1.807, 2.05) is 0 Å². The van der Waals surface area contributed by atoms with Crippen molar-refractivity contribution in [2.75, 3.05) is 39.9 Å². The van der Waals surface area contributed by atoms with E-state index in [1.165, 1.54) is 7.11 Å². The summed E-state index contributed by atoms with van der Waals surface area (Å²) in [6.45, 7) is 3.42.